The number of nitriles is 1. The van der Waals surface area contributed by atoms with Crippen molar-refractivity contribution >= 4 is 0 Å². The molecule has 0 fully saturated rings. The number of hydrogen-bond acceptors (Lipinski definition) is 4. The topological polar surface area (TPSA) is 71.1 Å². The molecule has 1 heterocycles. The lowest BCUT2D eigenvalue weighted by molar-refractivity contribution is 0.288. The number of aryl methyl sites for hydroxylation is 3. The molecule has 0 amide bonds. The van der Waals surface area contributed by atoms with Crippen LogP contribution < -0.4 is 4.74 Å². The molecule has 1 N–H and O–H groups in total. The van der Waals surface area contributed by atoms with E-state index in [1.807, 2.05) is 62.4 Å². The average molecular weight is 361 g/mol. The second-order valence-electron chi connectivity index (χ2n) is 6.53. The molecular weight excluding hydrogens is 338 g/mol. The van der Waals surface area contributed by atoms with Gasteiger partial charge in [-0.15, -0.1) is 0 Å². The van der Waals surface area contributed by atoms with Crippen molar-refractivity contribution in [2.24, 2.45) is 0 Å². The highest BCUT2D eigenvalue weighted by Crippen LogP contribution is 2.21. The first kappa shape index (κ1) is 18.7. The van der Waals surface area contributed by atoms with Crippen LogP contribution in [0.15, 0.2) is 48.5 Å². The van der Waals surface area contributed by atoms with Crippen molar-refractivity contribution < 1.29 is 9.84 Å². The minimum atomic E-state index is 0.192. The Hall–Kier alpha value is -3.10. The van der Waals surface area contributed by atoms with Gasteiger partial charge < -0.3 is 9.84 Å². The van der Waals surface area contributed by atoms with Crippen molar-refractivity contribution in [3.63, 3.8) is 0 Å². The quantitative estimate of drug-likeness (QED) is 0.693. The van der Waals surface area contributed by atoms with Crippen LogP contribution in [-0.4, -0.2) is 21.5 Å². The van der Waals surface area contributed by atoms with Gasteiger partial charge in [-0.2, -0.15) is 10.4 Å². The summed E-state index contributed by atoms with van der Waals surface area (Å²) in [4.78, 5) is 0. The van der Waals surface area contributed by atoms with E-state index in [1.165, 1.54) is 5.56 Å². The van der Waals surface area contributed by atoms with E-state index in [-0.39, 0.29) is 13.2 Å². The summed E-state index contributed by atoms with van der Waals surface area (Å²) in [6.07, 6.45) is 1.59. The third-order valence-corrected chi connectivity index (χ3v) is 4.47. The largest absolute Gasteiger partial charge is 0.487 e. The van der Waals surface area contributed by atoms with Gasteiger partial charge in [-0.1, -0.05) is 29.8 Å². The van der Waals surface area contributed by atoms with Crippen LogP contribution in [0.25, 0.3) is 5.69 Å². The second kappa shape index (κ2) is 8.52. The van der Waals surface area contributed by atoms with Crippen molar-refractivity contribution in [2.45, 2.75) is 33.3 Å². The number of ether oxygens (including phenoxy) is 1. The maximum absolute atomic E-state index is 9.54. The van der Waals surface area contributed by atoms with Crippen LogP contribution in [0.5, 0.6) is 5.75 Å². The minimum absolute atomic E-state index is 0.192. The van der Waals surface area contributed by atoms with E-state index in [9.17, 15) is 5.26 Å². The predicted octanol–water partition coefficient (Wildman–Crippen LogP) is 3.86. The number of aromatic nitrogens is 2. The van der Waals surface area contributed by atoms with Gasteiger partial charge in [-0.25, -0.2) is 4.68 Å². The molecule has 5 nitrogen and oxygen atoms in total. The molecular formula is C22H23N3O2. The first-order valence-electron chi connectivity index (χ1n) is 9.00. The van der Waals surface area contributed by atoms with Gasteiger partial charge in [0.05, 0.1) is 17.1 Å². The Morgan fingerprint density at radius 3 is 2.41 bits per heavy atom. The van der Waals surface area contributed by atoms with E-state index in [0.29, 0.717) is 11.3 Å². The molecule has 0 radical (unpaired) electrons. The van der Waals surface area contributed by atoms with Gasteiger partial charge in [0.1, 0.15) is 24.0 Å². The molecule has 3 aromatic rings. The van der Waals surface area contributed by atoms with Crippen LogP contribution in [0.4, 0.5) is 0 Å². The molecule has 0 saturated heterocycles. The number of hydrogen-bond donors (Lipinski definition) is 1. The fraction of sp³-hybridized carbons (Fsp3) is 0.273. The summed E-state index contributed by atoms with van der Waals surface area (Å²) in [5.74, 6) is 0.737. The molecule has 0 spiro atoms. The van der Waals surface area contributed by atoms with Gasteiger partial charge in [-0.3, -0.25) is 0 Å². The normalized spacial score (nSPS) is 10.6. The Labute approximate surface area is 159 Å². The Balaban J connectivity index is 1.81. The summed E-state index contributed by atoms with van der Waals surface area (Å²) < 4.78 is 7.71. The first-order valence-corrected chi connectivity index (χ1v) is 9.00. The van der Waals surface area contributed by atoms with Crippen LogP contribution in [0.1, 0.15) is 34.5 Å². The zero-order valence-corrected chi connectivity index (χ0v) is 15.6. The molecule has 0 aliphatic heterocycles. The van der Waals surface area contributed by atoms with E-state index >= 15 is 0 Å². The number of rotatable bonds is 7. The fourth-order valence-electron chi connectivity index (χ4n) is 2.94. The molecule has 3 rings (SSSR count). The van der Waals surface area contributed by atoms with E-state index < -0.39 is 0 Å². The lowest BCUT2D eigenvalue weighted by Gasteiger charge is -2.11. The number of aliphatic hydroxyl groups is 1. The van der Waals surface area contributed by atoms with Gasteiger partial charge in [0.15, 0.2) is 0 Å². The lowest BCUT2D eigenvalue weighted by atomic mass is 10.1. The standard InChI is InChI=1S/C22H23N3O2/c1-16-5-9-19(10-6-16)25-22(21(14-23)17(2)24-25)15-27-20-11-7-18(8-12-20)4-3-13-26/h5-12,26H,3-4,13,15H2,1-2H3. The summed E-state index contributed by atoms with van der Waals surface area (Å²) in [7, 11) is 0. The molecule has 0 bridgehead atoms. The van der Waals surface area contributed by atoms with E-state index in [1.54, 1.807) is 4.68 Å². The van der Waals surface area contributed by atoms with Gasteiger partial charge in [-0.05, 0) is 56.5 Å². The van der Waals surface area contributed by atoms with Gasteiger partial charge >= 0.3 is 0 Å². The smallest absolute Gasteiger partial charge is 0.132 e. The van der Waals surface area contributed by atoms with E-state index in [2.05, 4.69) is 11.2 Å². The van der Waals surface area contributed by atoms with E-state index in [4.69, 9.17) is 9.84 Å². The summed E-state index contributed by atoms with van der Waals surface area (Å²) in [6, 6.07) is 18.1. The molecule has 1 aromatic heterocycles. The van der Waals surface area contributed by atoms with E-state index in [0.717, 1.165) is 35.5 Å². The Bertz CT molecular complexity index is 935. The summed E-state index contributed by atoms with van der Waals surface area (Å²) in [5.41, 5.74) is 5.22. The molecule has 0 aliphatic rings. The third kappa shape index (κ3) is 4.36. The van der Waals surface area contributed by atoms with Crippen molar-refractivity contribution in [1.29, 1.82) is 5.26 Å². The SMILES string of the molecule is Cc1ccc(-n2nc(C)c(C#N)c2COc2ccc(CCCO)cc2)cc1. The molecule has 0 unspecified atom stereocenters. The van der Waals surface area contributed by atoms with Crippen LogP contribution >= 0.6 is 0 Å². The lowest BCUT2D eigenvalue weighted by Crippen LogP contribution is -2.07. The van der Waals surface area contributed by atoms with Crippen molar-refractivity contribution in [1.82, 2.24) is 9.78 Å². The van der Waals surface area contributed by atoms with Gasteiger partial charge in [0.25, 0.3) is 0 Å². The number of nitrogens with zero attached hydrogens (tertiary/aromatic N) is 3. The van der Waals surface area contributed by atoms with Crippen molar-refractivity contribution in [3.8, 4) is 17.5 Å². The van der Waals surface area contributed by atoms with Crippen LogP contribution in [0, 0.1) is 25.2 Å². The maximum atomic E-state index is 9.54. The Morgan fingerprint density at radius 2 is 1.78 bits per heavy atom. The fourth-order valence-corrected chi connectivity index (χ4v) is 2.94. The van der Waals surface area contributed by atoms with Crippen molar-refractivity contribution in [2.75, 3.05) is 6.61 Å². The van der Waals surface area contributed by atoms with Crippen LogP contribution in [-0.2, 0) is 13.0 Å². The first-order chi connectivity index (χ1) is 13.1. The zero-order valence-electron chi connectivity index (χ0n) is 15.6. The molecule has 2 aromatic carbocycles. The van der Waals surface area contributed by atoms with Crippen molar-refractivity contribution in [3.05, 3.63) is 76.6 Å². The maximum Gasteiger partial charge on any atom is 0.132 e. The summed E-state index contributed by atoms with van der Waals surface area (Å²) in [6.45, 7) is 4.32. The highest BCUT2D eigenvalue weighted by atomic mass is 16.5. The third-order valence-electron chi connectivity index (χ3n) is 4.47. The summed E-state index contributed by atoms with van der Waals surface area (Å²) >= 11 is 0. The Kier molecular flexibility index (Phi) is 5.90. The molecule has 27 heavy (non-hydrogen) atoms. The molecule has 5 heteroatoms. The zero-order chi connectivity index (χ0) is 19.2. The van der Waals surface area contributed by atoms with Crippen LogP contribution in [0.3, 0.4) is 0 Å². The number of aliphatic hydroxyl groups excluding tert-OH is 1. The van der Waals surface area contributed by atoms with Gasteiger partial charge in [0, 0.05) is 6.61 Å². The molecule has 0 saturated carbocycles. The molecule has 0 aliphatic carbocycles. The van der Waals surface area contributed by atoms with Crippen LogP contribution in [0.2, 0.25) is 0 Å². The number of benzene rings is 2. The Morgan fingerprint density at radius 1 is 1.07 bits per heavy atom. The molecule has 0 atom stereocenters. The monoisotopic (exact) mass is 361 g/mol. The highest BCUT2D eigenvalue weighted by molar-refractivity contribution is 5.44. The highest BCUT2D eigenvalue weighted by Gasteiger charge is 2.17. The minimum Gasteiger partial charge on any atom is -0.487 e. The van der Waals surface area contributed by atoms with Gasteiger partial charge in [0.2, 0.25) is 0 Å². The summed E-state index contributed by atoms with van der Waals surface area (Å²) in [5, 5.41) is 23.0. The molecule has 138 valence electrons. The average Bonchev–Trinajstić information content (AvgIpc) is 3.01. The second-order valence-corrected chi connectivity index (χ2v) is 6.53. The predicted molar refractivity (Wildman–Crippen MR) is 104 cm³/mol.